The molecule has 0 aliphatic rings. The minimum atomic E-state index is -0.0438. The number of rotatable bonds is 16. The Balaban J connectivity index is 1.18. The molecule has 0 aliphatic carbocycles. The number of hydrogen-bond donors (Lipinski definition) is 1. The Hall–Kier alpha value is -3.86. The normalized spacial score (nSPS) is 12.2. The van der Waals surface area contributed by atoms with Crippen molar-refractivity contribution in [2.24, 2.45) is 0 Å². The molecule has 1 unspecified atom stereocenters. The highest BCUT2D eigenvalue weighted by molar-refractivity contribution is 5.91. The number of carbonyl (C=O) groups excluding carboxylic acids is 1. The molecule has 0 fully saturated rings. The van der Waals surface area contributed by atoms with E-state index in [2.05, 4.69) is 72.3 Å². The lowest BCUT2D eigenvalue weighted by Gasteiger charge is -2.12. The summed E-state index contributed by atoms with van der Waals surface area (Å²) in [5.74, 6) is 2.64. The third-order valence-electron chi connectivity index (χ3n) is 7.44. The molecular weight excluding hydrogens is 494 g/mol. The molecule has 0 spiro atoms. The Morgan fingerprint density at radius 3 is 2.50 bits per heavy atom. The Morgan fingerprint density at radius 1 is 0.925 bits per heavy atom. The molecule has 0 bridgehead atoms. The lowest BCUT2D eigenvalue weighted by atomic mass is 9.99. The van der Waals surface area contributed by atoms with Gasteiger partial charge in [-0.25, -0.2) is 4.98 Å². The van der Waals surface area contributed by atoms with Crippen molar-refractivity contribution in [3.8, 4) is 5.75 Å². The highest BCUT2D eigenvalue weighted by atomic mass is 16.5. The second-order valence-electron chi connectivity index (χ2n) is 10.4. The number of hydrogen-bond acceptors (Lipinski definition) is 3. The van der Waals surface area contributed by atoms with Crippen molar-refractivity contribution in [3.05, 3.63) is 102 Å². The first-order valence-electron chi connectivity index (χ1n) is 14.8. The van der Waals surface area contributed by atoms with E-state index in [1.165, 1.54) is 11.1 Å². The number of fused-ring (bicyclic) bond motifs is 1. The van der Waals surface area contributed by atoms with Crippen LogP contribution in [0.1, 0.15) is 75.2 Å². The van der Waals surface area contributed by atoms with Crippen molar-refractivity contribution in [1.29, 1.82) is 0 Å². The monoisotopic (exact) mass is 537 g/mol. The van der Waals surface area contributed by atoms with Gasteiger partial charge < -0.3 is 14.6 Å². The van der Waals surface area contributed by atoms with Crippen molar-refractivity contribution in [2.45, 2.75) is 71.3 Å². The summed E-state index contributed by atoms with van der Waals surface area (Å²) in [5.41, 5.74) is 4.67. The zero-order chi connectivity index (χ0) is 28.0. The molecule has 1 heterocycles. The van der Waals surface area contributed by atoms with Crippen LogP contribution >= 0.6 is 0 Å². The Bertz CT molecular complexity index is 1340. The van der Waals surface area contributed by atoms with Crippen LogP contribution in [0.15, 0.2) is 84.9 Å². The predicted molar refractivity (Wildman–Crippen MR) is 166 cm³/mol. The van der Waals surface area contributed by atoms with E-state index in [4.69, 9.17) is 9.72 Å². The van der Waals surface area contributed by atoms with Gasteiger partial charge in [-0.2, -0.15) is 0 Å². The van der Waals surface area contributed by atoms with Crippen LogP contribution in [0.4, 0.5) is 0 Å². The van der Waals surface area contributed by atoms with E-state index in [0.717, 1.165) is 80.8 Å². The van der Waals surface area contributed by atoms with Crippen LogP contribution in [0.25, 0.3) is 17.1 Å². The molecule has 0 radical (unpaired) electrons. The maximum atomic E-state index is 12.1. The fourth-order valence-corrected chi connectivity index (χ4v) is 4.85. The zero-order valence-corrected chi connectivity index (χ0v) is 24.0. The summed E-state index contributed by atoms with van der Waals surface area (Å²) >= 11 is 0. The van der Waals surface area contributed by atoms with Gasteiger partial charge in [-0.15, -0.1) is 0 Å². The molecule has 5 nitrogen and oxygen atoms in total. The van der Waals surface area contributed by atoms with Gasteiger partial charge in [-0.1, -0.05) is 74.9 Å². The van der Waals surface area contributed by atoms with Gasteiger partial charge in [-0.3, -0.25) is 4.79 Å². The number of imidazole rings is 1. The summed E-state index contributed by atoms with van der Waals surface area (Å²) in [7, 11) is 0. The van der Waals surface area contributed by atoms with Gasteiger partial charge >= 0.3 is 0 Å². The van der Waals surface area contributed by atoms with Crippen LogP contribution in [-0.2, 0) is 17.8 Å². The van der Waals surface area contributed by atoms with E-state index in [1.54, 1.807) is 6.08 Å². The predicted octanol–water partition coefficient (Wildman–Crippen LogP) is 7.95. The fraction of sp³-hybridized carbons (Fsp3) is 0.371. The maximum absolute atomic E-state index is 12.1. The second-order valence-corrected chi connectivity index (χ2v) is 10.4. The van der Waals surface area contributed by atoms with E-state index >= 15 is 0 Å². The summed E-state index contributed by atoms with van der Waals surface area (Å²) in [6.45, 7) is 6.83. The first-order chi connectivity index (χ1) is 19.6. The molecule has 3 aromatic carbocycles. The van der Waals surface area contributed by atoms with Gasteiger partial charge in [0.15, 0.2) is 0 Å². The summed E-state index contributed by atoms with van der Waals surface area (Å²) in [6.07, 6.45) is 10.6. The number of ether oxygens (including phenoxy) is 1. The van der Waals surface area contributed by atoms with Crippen molar-refractivity contribution < 1.29 is 9.53 Å². The van der Waals surface area contributed by atoms with Gasteiger partial charge in [0.25, 0.3) is 0 Å². The lowest BCUT2D eigenvalue weighted by Crippen LogP contribution is -2.22. The fourth-order valence-electron chi connectivity index (χ4n) is 4.85. The summed E-state index contributed by atoms with van der Waals surface area (Å²) in [4.78, 5) is 17.0. The molecule has 1 amide bonds. The molecule has 1 atom stereocenters. The summed E-state index contributed by atoms with van der Waals surface area (Å²) < 4.78 is 8.39. The second kappa shape index (κ2) is 15.7. The highest BCUT2D eigenvalue weighted by Gasteiger charge is 2.10. The smallest absolute Gasteiger partial charge is 0.243 e. The van der Waals surface area contributed by atoms with Crippen molar-refractivity contribution >= 4 is 23.0 Å². The standard InChI is InChI=1S/C35H43N3O2/c1-3-28(2)30-20-22-31(23-21-30)40-27-13-12-26-38-33-17-10-9-16-32(33)37-34(38)18-8-5-11-25-36-35(39)24-19-29-14-6-4-7-15-29/h4,6-7,9-10,14-17,19-24,28H,3,5,8,11-13,18,25-27H2,1-2H3,(H,36,39)/b24-19+. The van der Waals surface area contributed by atoms with E-state index in [1.807, 2.05) is 36.4 Å². The number of aromatic nitrogens is 2. The van der Waals surface area contributed by atoms with Crippen molar-refractivity contribution in [1.82, 2.24) is 14.9 Å². The molecule has 0 saturated carbocycles. The lowest BCUT2D eigenvalue weighted by molar-refractivity contribution is -0.116. The molecule has 1 N–H and O–H groups in total. The third-order valence-corrected chi connectivity index (χ3v) is 7.44. The van der Waals surface area contributed by atoms with Crippen molar-refractivity contribution in [2.75, 3.05) is 13.2 Å². The van der Waals surface area contributed by atoms with Gasteiger partial charge in [0.1, 0.15) is 11.6 Å². The average Bonchev–Trinajstić information content (AvgIpc) is 3.35. The number of amides is 1. The van der Waals surface area contributed by atoms with Gasteiger partial charge in [0.05, 0.1) is 17.6 Å². The highest BCUT2D eigenvalue weighted by Crippen LogP contribution is 2.22. The molecule has 4 aromatic rings. The molecule has 4 rings (SSSR count). The van der Waals surface area contributed by atoms with E-state index < -0.39 is 0 Å². The number of nitrogens with one attached hydrogen (secondary N) is 1. The molecule has 5 heteroatoms. The average molecular weight is 538 g/mol. The SMILES string of the molecule is CCC(C)c1ccc(OCCCCn2c(CCCCCNC(=O)/C=C/c3ccccc3)nc3ccccc32)cc1. The van der Waals surface area contributed by atoms with Crippen molar-refractivity contribution in [3.63, 3.8) is 0 Å². The van der Waals surface area contributed by atoms with Crippen LogP contribution in [-0.4, -0.2) is 28.6 Å². The number of carbonyl (C=O) groups is 1. The first-order valence-corrected chi connectivity index (χ1v) is 14.8. The molecule has 1 aromatic heterocycles. The Kier molecular flexibility index (Phi) is 11.4. The molecule has 40 heavy (non-hydrogen) atoms. The number of para-hydroxylation sites is 2. The van der Waals surface area contributed by atoms with E-state index in [9.17, 15) is 4.79 Å². The van der Waals surface area contributed by atoms with Crippen LogP contribution in [0, 0.1) is 0 Å². The van der Waals surface area contributed by atoms with E-state index in [0.29, 0.717) is 12.5 Å². The minimum Gasteiger partial charge on any atom is -0.494 e. The Morgan fingerprint density at radius 2 is 1.70 bits per heavy atom. The molecular formula is C35H43N3O2. The quantitative estimate of drug-likeness (QED) is 0.117. The number of benzene rings is 3. The molecule has 210 valence electrons. The van der Waals surface area contributed by atoms with Gasteiger partial charge in [0.2, 0.25) is 5.91 Å². The van der Waals surface area contributed by atoms with Crippen LogP contribution in [0.2, 0.25) is 0 Å². The topological polar surface area (TPSA) is 56.1 Å². The molecule has 0 aliphatic heterocycles. The van der Waals surface area contributed by atoms with E-state index in [-0.39, 0.29) is 5.91 Å². The van der Waals surface area contributed by atoms with Gasteiger partial charge in [-0.05, 0) is 79.5 Å². The first kappa shape index (κ1) is 29.1. The van der Waals surface area contributed by atoms with Crippen LogP contribution in [0.3, 0.4) is 0 Å². The number of aryl methyl sites for hydroxylation is 2. The minimum absolute atomic E-state index is 0.0438. The van der Waals surface area contributed by atoms with Gasteiger partial charge in [0, 0.05) is 25.6 Å². The number of nitrogens with zero attached hydrogens (tertiary/aromatic N) is 2. The number of unbranched alkanes of at least 4 members (excludes halogenated alkanes) is 3. The summed E-state index contributed by atoms with van der Waals surface area (Å²) in [6, 6.07) is 26.8. The third kappa shape index (κ3) is 8.84. The summed E-state index contributed by atoms with van der Waals surface area (Å²) in [5, 5.41) is 2.99. The zero-order valence-electron chi connectivity index (χ0n) is 24.0. The van der Waals surface area contributed by atoms with Crippen LogP contribution in [0.5, 0.6) is 5.75 Å². The largest absolute Gasteiger partial charge is 0.494 e. The van der Waals surface area contributed by atoms with Crippen LogP contribution < -0.4 is 10.1 Å². The maximum Gasteiger partial charge on any atom is 0.243 e. The Labute approximate surface area is 239 Å². The molecule has 0 saturated heterocycles.